The summed E-state index contributed by atoms with van der Waals surface area (Å²) in [5, 5.41) is 3.04. The molecule has 31 heavy (non-hydrogen) atoms. The zero-order chi connectivity index (χ0) is 22.0. The van der Waals surface area contributed by atoms with E-state index in [1.54, 1.807) is 12.1 Å². The molecule has 0 saturated carbocycles. The van der Waals surface area contributed by atoms with E-state index in [2.05, 4.69) is 50.4 Å². The maximum Gasteiger partial charge on any atom is 0.339 e. The molecule has 0 saturated heterocycles. The first kappa shape index (κ1) is 20.7. The largest absolute Gasteiger partial charge is 0.440 e. The number of carbonyl (C=O) groups is 1. The first-order valence-corrected chi connectivity index (χ1v) is 10.4. The van der Waals surface area contributed by atoms with E-state index in [-0.39, 0.29) is 18.1 Å². The number of ether oxygens (including phenoxy) is 1. The second kappa shape index (κ2) is 8.26. The Labute approximate surface area is 182 Å². The third-order valence-corrected chi connectivity index (χ3v) is 5.40. The van der Waals surface area contributed by atoms with Crippen molar-refractivity contribution in [1.82, 2.24) is 9.55 Å². The highest BCUT2D eigenvalue weighted by Crippen LogP contribution is 2.28. The monoisotopic (exact) mass is 413 g/mol. The fraction of sp³-hybridized carbons (Fsp3) is 0.231. The summed E-state index contributed by atoms with van der Waals surface area (Å²) in [4.78, 5) is 17.4. The van der Waals surface area contributed by atoms with Crippen LogP contribution in [0.15, 0.2) is 72.8 Å². The number of para-hydroxylation sites is 2. The molecule has 4 aromatic rings. The Hall–Kier alpha value is -3.60. The van der Waals surface area contributed by atoms with E-state index in [4.69, 9.17) is 9.72 Å². The number of imidazole rings is 1. The number of hydrogen-bond donors (Lipinski definition) is 1. The summed E-state index contributed by atoms with van der Waals surface area (Å²) < 4.78 is 7.60. The van der Waals surface area contributed by atoms with Crippen LogP contribution in [-0.4, -0.2) is 22.6 Å². The van der Waals surface area contributed by atoms with Crippen molar-refractivity contribution in [1.29, 1.82) is 0 Å². The molecule has 0 fully saturated rings. The van der Waals surface area contributed by atoms with Crippen LogP contribution < -0.4 is 5.32 Å². The number of nitrogens with one attached hydrogen (secondary N) is 1. The van der Waals surface area contributed by atoms with Gasteiger partial charge in [0.25, 0.3) is 0 Å². The molecule has 0 aliphatic rings. The van der Waals surface area contributed by atoms with Crippen LogP contribution in [-0.2, 0) is 16.9 Å². The molecule has 1 N–H and O–H groups in total. The number of nitrogens with zero attached hydrogens (tertiary/aromatic N) is 2. The minimum atomic E-state index is -0.366. The van der Waals surface area contributed by atoms with Crippen LogP contribution in [0.5, 0.6) is 0 Å². The molecule has 1 aromatic heterocycles. The van der Waals surface area contributed by atoms with Crippen molar-refractivity contribution in [2.75, 3.05) is 12.4 Å². The molecule has 3 aromatic carbocycles. The van der Waals surface area contributed by atoms with Crippen LogP contribution in [0.25, 0.3) is 22.4 Å². The van der Waals surface area contributed by atoms with E-state index in [0.717, 1.165) is 28.1 Å². The molecule has 1 heterocycles. The molecule has 5 heteroatoms. The van der Waals surface area contributed by atoms with Crippen molar-refractivity contribution < 1.29 is 9.53 Å². The zero-order valence-electron chi connectivity index (χ0n) is 18.3. The summed E-state index contributed by atoms with van der Waals surface area (Å²) in [7, 11) is 1.84. The molecule has 0 unspecified atom stereocenters. The molecule has 158 valence electrons. The second-order valence-electron chi connectivity index (χ2n) is 8.57. The predicted octanol–water partition coefficient (Wildman–Crippen LogP) is 5.86. The average molecular weight is 414 g/mol. The van der Waals surface area contributed by atoms with Crippen molar-refractivity contribution >= 4 is 22.7 Å². The van der Waals surface area contributed by atoms with Crippen molar-refractivity contribution in [2.24, 2.45) is 0 Å². The topological polar surface area (TPSA) is 56.1 Å². The van der Waals surface area contributed by atoms with Crippen LogP contribution in [0.1, 0.15) is 36.7 Å². The van der Waals surface area contributed by atoms with Gasteiger partial charge in [0.2, 0.25) is 0 Å². The molecule has 0 amide bonds. The maximum atomic E-state index is 12.6. The summed E-state index contributed by atoms with van der Waals surface area (Å²) in [5.74, 6) is 0.412. The lowest BCUT2D eigenvalue weighted by Gasteiger charge is -2.19. The summed E-state index contributed by atoms with van der Waals surface area (Å²) >= 11 is 0. The van der Waals surface area contributed by atoms with Gasteiger partial charge in [0.1, 0.15) is 5.82 Å². The Morgan fingerprint density at radius 1 is 0.968 bits per heavy atom. The summed E-state index contributed by atoms with van der Waals surface area (Å²) in [6, 6.07) is 23.5. The van der Waals surface area contributed by atoms with Gasteiger partial charge in [-0.1, -0.05) is 57.2 Å². The molecular formula is C26H27N3O2. The van der Waals surface area contributed by atoms with Gasteiger partial charge in [-0.05, 0) is 47.4 Å². The van der Waals surface area contributed by atoms with E-state index >= 15 is 0 Å². The van der Waals surface area contributed by atoms with Crippen LogP contribution >= 0.6 is 0 Å². The van der Waals surface area contributed by atoms with Gasteiger partial charge in [0, 0.05) is 18.3 Å². The van der Waals surface area contributed by atoms with Gasteiger partial charge < -0.3 is 10.1 Å². The van der Waals surface area contributed by atoms with Crippen LogP contribution in [0.4, 0.5) is 5.69 Å². The minimum absolute atomic E-state index is 0.0804. The summed E-state index contributed by atoms with van der Waals surface area (Å²) in [6.45, 7) is 6.67. The van der Waals surface area contributed by atoms with E-state index in [1.165, 1.54) is 5.56 Å². The molecule has 5 nitrogen and oxygen atoms in total. The van der Waals surface area contributed by atoms with Gasteiger partial charge in [0.15, 0.2) is 6.73 Å². The Bertz CT molecular complexity index is 1200. The van der Waals surface area contributed by atoms with Crippen LogP contribution in [0.3, 0.4) is 0 Å². The maximum absolute atomic E-state index is 12.6. The Morgan fingerprint density at radius 2 is 1.65 bits per heavy atom. The van der Waals surface area contributed by atoms with Gasteiger partial charge in [0.05, 0.1) is 16.6 Å². The summed E-state index contributed by atoms with van der Waals surface area (Å²) in [6.07, 6.45) is 0. The van der Waals surface area contributed by atoms with Gasteiger partial charge in [-0.2, -0.15) is 0 Å². The number of esters is 1. The fourth-order valence-corrected chi connectivity index (χ4v) is 3.53. The molecular weight excluding hydrogens is 386 g/mol. The lowest BCUT2D eigenvalue weighted by atomic mass is 9.87. The number of rotatable bonds is 5. The van der Waals surface area contributed by atoms with Gasteiger partial charge >= 0.3 is 5.97 Å². The highest BCUT2D eigenvalue weighted by atomic mass is 16.5. The van der Waals surface area contributed by atoms with Crippen molar-refractivity contribution in [2.45, 2.75) is 32.9 Å². The first-order valence-electron chi connectivity index (χ1n) is 10.4. The van der Waals surface area contributed by atoms with E-state index < -0.39 is 0 Å². The smallest absolute Gasteiger partial charge is 0.339 e. The average Bonchev–Trinajstić information content (AvgIpc) is 3.15. The highest BCUT2D eigenvalue weighted by Gasteiger charge is 2.17. The predicted molar refractivity (Wildman–Crippen MR) is 125 cm³/mol. The van der Waals surface area contributed by atoms with Crippen molar-refractivity contribution in [3.05, 3.63) is 83.9 Å². The molecule has 0 aliphatic heterocycles. The van der Waals surface area contributed by atoms with Gasteiger partial charge in [-0.3, -0.25) is 4.57 Å². The van der Waals surface area contributed by atoms with Gasteiger partial charge in [-0.15, -0.1) is 0 Å². The lowest BCUT2D eigenvalue weighted by Crippen LogP contribution is -2.12. The molecule has 0 aliphatic carbocycles. The lowest BCUT2D eigenvalue weighted by molar-refractivity contribution is 0.0381. The number of fused-ring (bicyclic) bond motifs is 1. The van der Waals surface area contributed by atoms with Crippen molar-refractivity contribution in [3.63, 3.8) is 0 Å². The third-order valence-electron chi connectivity index (χ3n) is 5.40. The molecule has 0 radical (unpaired) electrons. The number of carbonyl (C=O) groups excluding carboxylic acids is 1. The first-order chi connectivity index (χ1) is 14.9. The molecule has 0 bridgehead atoms. The highest BCUT2D eigenvalue weighted by molar-refractivity contribution is 5.90. The normalized spacial score (nSPS) is 11.5. The van der Waals surface area contributed by atoms with E-state index in [0.29, 0.717) is 5.56 Å². The van der Waals surface area contributed by atoms with Crippen LogP contribution in [0, 0.1) is 0 Å². The van der Waals surface area contributed by atoms with Crippen molar-refractivity contribution in [3.8, 4) is 11.4 Å². The Balaban J connectivity index is 1.64. The second-order valence-corrected chi connectivity index (χ2v) is 8.57. The third kappa shape index (κ3) is 4.31. The number of anilines is 1. The molecule has 0 spiro atoms. The molecule has 4 rings (SSSR count). The quantitative estimate of drug-likeness (QED) is 0.417. The standard InChI is InChI=1S/C26H27N3O2/c1-26(2,3)20-13-9-18(10-14-20)24-28-22-7-5-6-8-23(22)29(24)17-31-25(30)19-11-15-21(27-4)16-12-19/h5-16,27H,17H2,1-4H3. The zero-order valence-corrected chi connectivity index (χ0v) is 18.3. The van der Waals surface area contributed by atoms with Crippen LogP contribution in [0.2, 0.25) is 0 Å². The van der Waals surface area contributed by atoms with Gasteiger partial charge in [-0.25, -0.2) is 9.78 Å². The number of aromatic nitrogens is 2. The Morgan fingerprint density at radius 3 is 2.29 bits per heavy atom. The fourth-order valence-electron chi connectivity index (χ4n) is 3.53. The summed E-state index contributed by atoms with van der Waals surface area (Å²) in [5.41, 5.74) is 5.57. The van der Waals surface area contributed by atoms with E-state index in [1.807, 2.05) is 48.0 Å². The minimum Gasteiger partial charge on any atom is -0.440 e. The number of hydrogen-bond acceptors (Lipinski definition) is 4. The van der Waals surface area contributed by atoms with E-state index in [9.17, 15) is 4.79 Å². The Kier molecular flexibility index (Phi) is 5.51. The molecule has 0 atom stereocenters. The SMILES string of the molecule is CNc1ccc(C(=O)OCn2c(-c3ccc(C(C)(C)C)cc3)nc3ccccc32)cc1. The number of benzene rings is 3.